The van der Waals surface area contributed by atoms with Gasteiger partial charge in [0.1, 0.15) is 0 Å². The van der Waals surface area contributed by atoms with Gasteiger partial charge in [-0.2, -0.15) is 57.1 Å². The summed E-state index contributed by atoms with van der Waals surface area (Å²) in [6.45, 7) is 0. The van der Waals surface area contributed by atoms with E-state index >= 15 is 0 Å². The molecule has 1 aliphatic rings. The molecule has 0 aromatic rings. The van der Waals surface area contributed by atoms with Crippen LogP contribution >= 0.6 is 0 Å². The minimum atomic E-state index is -7.84. The molecule has 0 atom stereocenters. The molecule has 0 bridgehead atoms. The molecule has 0 saturated heterocycles. The van der Waals surface area contributed by atoms with Crippen LogP contribution in [0.15, 0.2) is 0 Å². The molecule has 1 aliphatic carbocycles. The Kier molecular flexibility index (Phi) is 6.40. The van der Waals surface area contributed by atoms with Crippen LogP contribution in [0.3, 0.4) is 0 Å². The number of rotatable bonds is 8. The highest BCUT2D eigenvalue weighted by Gasteiger charge is 2.90. The third kappa shape index (κ3) is 3.96. The van der Waals surface area contributed by atoms with Crippen molar-refractivity contribution in [3.63, 3.8) is 0 Å². The molecule has 0 nitrogen and oxygen atoms in total. The number of alkyl halides is 13. The maximum absolute atomic E-state index is 13.5. The van der Waals surface area contributed by atoms with Crippen LogP contribution < -0.4 is 0 Å². The summed E-state index contributed by atoms with van der Waals surface area (Å²) in [5.41, 5.74) is 0. The van der Waals surface area contributed by atoms with Crippen molar-refractivity contribution >= 4 is 0 Å². The van der Waals surface area contributed by atoms with Crippen molar-refractivity contribution in [2.75, 3.05) is 0 Å². The quantitative estimate of drug-likeness (QED) is 0.401. The lowest BCUT2D eigenvalue weighted by Crippen LogP contribution is -2.70. The van der Waals surface area contributed by atoms with E-state index in [9.17, 15) is 57.1 Å². The summed E-state index contributed by atoms with van der Waals surface area (Å²) in [6.07, 6.45) is -5.38. The van der Waals surface area contributed by atoms with E-state index in [2.05, 4.69) is 0 Å². The molecular formula is C14H10F13. The van der Waals surface area contributed by atoms with Crippen molar-refractivity contribution in [2.45, 2.75) is 55.1 Å². The summed E-state index contributed by atoms with van der Waals surface area (Å²) >= 11 is 0. The summed E-state index contributed by atoms with van der Waals surface area (Å²) in [5, 5.41) is 0. The zero-order valence-electron chi connectivity index (χ0n) is 12.8. The van der Waals surface area contributed by atoms with Crippen LogP contribution in [0.1, 0.15) is 19.3 Å². The van der Waals surface area contributed by atoms with E-state index in [0.29, 0.717) is 5.92 Å². The van der Waals surface area contributed by atoms with Crippen molar-refractivity contribution in [1.29, 1.82) is 0 Å². The third-order valence-electron chi connectivity index (χ3n) is 3.69. The first-order chi connectivity index (χ1) is 11.8. The van der Waals surface area contributed by atoms with E-state index in [1.54, 1.807) is 0 Å². The van der Waals surface area contributed by atoms with Crippen LogP contribution in [-0.4, -0.2) is 35.8 Å². The standard InChI is InChI=1S/C14H10F13/c15-9(16,7-3-6-8-4-1-2-5-8)10(17,18)11(19,20)12(21,22)13(23,24)14(25,26)27/h1-2,4-5H,3,6-7H2. The van der Waals surface area contributed by atoms with Crippen LogP contribution in [0.25, 0.3) is 0 Å². The molecule has 0 aliphatic heterocycles. The van der Waals surface area contributed by atoms with Gasteiger partial charge in [0, 0.05) is 6.42 Å². The molecule has 0 aromatic heterocycles. The van der Waals surface area contributed by atoms with E-state index in [4.69, 9.17) is 0 Å². The fourth-order valence-electron chi connectivity index (χ4n) is 2.05. The third-order valence-corrected chi connectivity index (χ3v) is 3.69. The first-order valence-electron chi connectivity index (χ1n) is 6.99. The van der Waals surface area contributed by atoms with Gasteiger partial charge < -0.3 is 0 Å². The largest absolute Gasteiger partial charge is 0.460 e. The van der Waals surface area contributed by atoms with Gasteiger partial charge in [0.25, 0.3) is 0 Å². The Morgan fingerprint density at radius 3 is 1.37 bits per heavy atom. The highest BCUT2D eigenvalue weighted by Crippen LogP contribution is 2.60. The molecule has 157 valence electrons. The van der Waals surface area contributed by atoms with Crippen molar-refractivity contribution in [1.82, 2.24) is 0 Å². The Morgan fingerprint density at radius 1 is 0.556 bits per heavy atom. The molecule has 0 unspecified atom stereocenters. The van der Waals surface area contributed by atoms with Crippen molar-refractivity contribution in [2.24, 2.45) is 0 Å². The number of halogens is 13. The molecule has 0 N–H and O–H groups in total. The predicted molar refractivity (Wildman–Crippen MR) is 65.1 cm³/mol. The molecule has 1 fully saturated rings. The number of hydrogen-bond donors (Lipinski definition) is 0. The van der Waals surface area contributed by atoms with Gasteiger partial charge in [-0.25, -0.2) is 0 Å². The van der Waals surface area contributed by atoms with Crippen molar-refractivity contribution < 1.29 is 57.1 Å². The second kappa shape index (κ2) is 7.16. The molecule has 0 amide bonds. The molecule has 27 heavy (non-hydrogen) atoms. The van der Waals surface area contributed by atoms with Crippen molar-refractivity contribution in [3.05, 3.63) is 31.6 Å². The summed E-state index contributed by atoms with van der Waals surface area (Å²) in [7, 11) is 0. The first kappa shape index (κ1) is 24.1. The second-order valence-electron chi connectivity index (χ2n) is 5.65. The molecule has 1 saturated carbocycles. The van der Waals surface area contributed by atoms with Crippen LogP contribution in [0.2, 0.25) is 0 Å². The first-order valence-corrected chi connectivity index (χ1v) is 6.99. The van der Waals surface area contributed by atoms with E-state index in [0.717, 1.165) is 0 Å². The SMILES string of the molecule is FC(F)(F)C(F)(F)C(F)(F)C(F)(F)C(F)(F)C(F)(F)CCC[C]1[CH][CH][CH][CH]1. The van der Waals surface area contributed by atoms with Crippen LogP contribution in [0.5, 0.6) is 0 Å². The topological polar surface area (TPSA) is 0 Å². The average molecular weight is 425 g/mol. The van der Waals surface area contributed by atoms with E-state index < -0.39 is 48.6 Å². The Bertz CT molecular complexity index is 500. The van der Waals surface area contributed by atoms with Gasteiger partial charge in [-0.15, -0.1) is 0 Å². The molecule has 5 radical (unpaired) electrons. The van der Waals surface area contributed by atoms with Crippen LogP contribution in [0, 0.1) is 31.6 Å². The minimum Gasteiger partial charge on any atom is -0.200 e. The van der Waals surface area contributed by atoms with E-state index in [1.807, 2.05) is 0 Å². The van der Waals surface area contributed by atoms with Gasteiger partial charge >= 0.3 is 35.8 Å². The lowest BCUT2D eigenvalue weighted by Gasteiger charge is -2.39. The van der Waals surface area contributed by atoms with Crippen LogP contribution in [0.4, 0.5) is 57.1 Å². The monoisotopic (exact) mass is 425 g/mol. The Hall–Kier alpha value is -0.910. The molecular weight excluding hydrogens is 415 g/mol. The normalized spacial score (nSPS) is 19.0. The zero-order valence-corrected chi connectivity index (χ0v) is 12.8. The van der Waals surface area contributed by atoms with E-state index in [-0.39, 0.29) is 6.42 Å². The fourth-order valence-corrected chi connectivity index (χ4v) is 2.05. The highest BCUT2D eigenvalue weighted by atomic mass is 19.4. The smallest absolute Gasteiger partial charge is 0.200 e. The molecule has 0 aromatic carbocycles. The molecule has 0 spiro atoms. The Labute approximate surface area is 145 Å². The summed E-state index contributed by atoms with van der Waals surface area (Å²) in [5.74, 6) is -36.1. The van der Waals surface area contributed by atoms with Crippen molar-refractivity contribution in [3.8, 4) is 0 Å². The summed E-state index contributed by atoms with van der Waals surface area (Å²) in [6, 6.07) is 0. The van der Waals surface area contributed by atoms with Gasteiger partial charge in [-0.3, -0.25) is 0 Å². The Morgan fingerprint density at radius 2 is 0.963 bits per heavy atom. The minimum absolute atomic E-state index is 0.301. The highest BCUT2D eigenvalue weighted by molar-refractivity contribution is 5.35. The lowest BCUT2D eigenvalue weighted by molar-refractivity contribution is -0.440. The zero-order chi connectivity index (χ0) is 21.5. The number of hydrogen-bond acceptors (Lipinski definition) is 0. The van der Waals surface area contributed by atoms with Gasteiger partial charge in [0.2, 0.25) is 0 Å². The van der Waals surface area contributed by atoms with Gasteiger partial charge in [0.15, 0.2) is 0 Å². The van der Waals surface area contributed by atoms with Gasteiger partial charge in [0.05, 0.1) is 0 Å². The lowest BCUT2D eigenvalue weighted by atomic mass is 9.90. The van der Waals surface area contributed by atoms with Crippen LogP contribution in [-0.2, 0) is 0 Å². The van der Waals surface area contributed by atoms with Gasteiger partial charge in [-0.05, 0) is 44.4 Å². The Balaban J connectivity index is 3.05. The molecule has 1 rings (SSSR count). The molecule has 13 heteroatoms. The van der Waals surface area contributed by atoms with Gasteiger partial charge in [-0.1, -0.05) is 0 Å². The maximum atomic E-state index is 13.5. The second-order valence-corrected chi connectivity index (χ2v) is 5.65. The maximum Gasteiger partial charge on any atom is 0.460 e. The summed E-state index contributed by atoms with van der Waals surface area (Å²) < 4.78 is 167. The predicted octanol–water partition coefficient (Wildman–Crippen LogP) is 6.30. The molecule has 0 heterocycles. The van der Waals surface area contributed by atoms with E-state index in [1.165, 1.54) is 25.7 Å². The fraction of sp³-hybridized carbons (Fsp3) is 0.643. The average Bonchev–Trinajstić information content (AvgIpc) is 2.98. The summed E-state index contributed by atoms with van der Waals surface area (Å²) in [4.78, 5) is 0.